The lowest BCUT2D eigenvalue weighted by Crippen LogP contribution is -2.35. The molecular weight excluding hydrogens is 236 g/mol. The highest BCUT2D eigenvalue weighted by molar-refractivity contribution is 5.92. The van der Waals surface area contributed by atoms with Crippen LogP contribution in [0.3, 0.4) is 0 Å². The number of carbonyl (C=O) groups excluding carboxylic acids is 1. The van der Waals surface area contributed by atoms with E-state index < -0.39 is 0 Å². The second-order valence-electron chi connectivity index (χ2n) is 3.65. The first-order valence-electron chi connectivity index (χ1n) is 5.53. The van der Waals surface area contributed by atoms with Gasteiger partial charge in [0.2, 0.25) is 5.56 Å². The van der Waals surface area contributed by atoms with Crippen molar-refractivity contribution in [2.24, 2.45) is 10.9 Å². The summed E-state index contributed by atoms with van der Waals surface area (Å²) in [6.07, 6.45) is 0.271. The number of hydrogen-bond donors (Lipinski definition) is 3. The molecular formula is C11H16N4O3. The van der Waals surface area contributed by atoms with Crippen LogP contribution in [-0.2, 0) is 0 Å². The maximum atomic E-state index is 12.0. The first kappa shape index (κ1) is 13.8. The number of amidine groups is 1. The van der Waals surface area contributed by atoms with Crippen LogP contribution in [0.2, 0.25) is 0 Å². The number of pyridine rings is 1. The molecule has 0 aliphatic rings. The summed E-state index contributed by atoms with van der Waals surface area (Å²) in [6.45, 7) is 2.60. The summed E-state index contributed by atoms with van der Waals surface area (Å²) in [4.78, 5) is 27.1. The molecule has 0 radical (unpaired) electrons. The van der Waals surface area contributed by atoms with Gasteiger partial charge in [0.05, 0.1) is 0 Å². The van der Waals surface area contributed by atoms with E-state index in [2.05, 4.69) is 10.1 Å². The smallest absolute Gasteiger partial charge is 0.270 e. The predicted octanol–water partition coefficient (Wildman–Crippen LogP) is -0.0265. The van der Waals surface area contributed by atoms with Crippen LogP contribution in [0, 0.1) is 0 Å². The number of H-pyrrole nitrogens is 1. The predicted molar refractivity (Wildman–Crippen MR) is 66.7 cm³/mol. The fourth-order valence-electron chi connectivity index (χ4n) is 1.45. The molecule has 7 heteroatoms. The molecule has 7 nitrogen and oxygen atoms in total. The second-order valence-corrected chi connectivity index (χ2v) is 3.65. The minimum atomic E-state index is -0.326. The fraction of sp³-hybridized carbons (Fsp3) is 0.364. The zero-order valence-electron chi connectivity index (χ0n) is 10.1. The summed E-state index contributed by atoms with van der Waals surface area (Å²) in [5, 5.41) is 11.3. The molecule has 0 atom stereocenters. The summed E-state index contributed by atoms with van der Waals surface area (Å²) in [5.41, 5.74) is 5.24. The molecule has 98 valence electrons. The van der Waals surface area contributed by atoms with Crippen molar-refractivity contribution in [1.29, 1.82) is 0 Å². The van der Waals surface area contributed by atoms with Gasteiger partial charge in [-0.2, -0.15) is 0 Å². The van der Waals surface area contributed by atoms with Crippen molar-refractivity contribution in [2.45, 2.75) is 13.3 Å². The summed E-state index contributed by atoms with van der Waals surface area (Å²) < 4.78 is 0. The van der Waals surface area contributed by atoms with E-state index in [0.717, 1.165) is 0 Å². The van der Waals surface area contributed by atoms with Crippen LogP contribution in [0.15, 0.2) is 28.1 Å². The topological polar surface area (TPSA) is 112 Å². The zero-order valence-corrected chi connectivity index (χ0v) is 10.1. The number of amides is 1. The van der Waals surface area contributed by atoms with Gasteiger partial charge in [-0.05, 0) is 13.0 Å². The summed E-state index contributed by atoms with van der Waals surface area (Å²) in [7, 11) is 0. The number of carbonyl (C=O) groups is 1. The Morgan fingerprint density at radius 3 is 2.83 bits per heavy atom. The van der Waals surface area contributed by atoms with Gasteiger partial charge in [0.1, 0.15) is 11.5 Å². The Labute approximate surface area is 104 Å². The highest BCUT2D eigenvalue weighted by Gasteiger charge is 2.14. The highest BCUT2D eigenvalue weighted by Crippen LogP contribution is 2.01. The van der Waals surface area contributed by atoms with Crippen molar-refractivity contribution in [2.75, 3.05) is 13.1 Å². The van der Waals surface area contributed by atoms with E-state index in [0.29, 0.717) is 13.1 Å². The van der Waals surface area contributed by atoms with E-state index in [9.17, 15) is 9.59 Å². The monoisotopic (exact) mass is 252 g/mol. The average Bonchev–Trinajstić information content (AvgIpc) is 2.38. The summed E-state index contributed by atoms with van der Waals surface area (Å²) >= 11 is 0. The number of nitrogens with zero attached hydrogens (tertiary/aromatic N) is 2. The number of hydrogen-bond acceptors (Lipinski definition) is 4. The molecule has 1 rings (SSSR count). The van der Waals surface area contributed by atoms with Gasteiger partial charge in [-0.15, -0.1) is 0 Å². The van der Waals surface area contributed by atoms with Crippen LogP contribution < -0.4 is 11.3 Å². The molecule has 0 unspecified atom stereocenters. The van der Waals surface area contributed by atoms with Gasteiger partial charge in [0, 0.05) is 25.6 Å². The van der Waals surface area contributed by atoms with E-state index in [-0.39, 0.29) is 29.4 Å². The lowest BCUT2D eigenvalue weighted by Gasteiger charge is -2.20. The van der Waals surface area contributed by atoms with Gasteiger partial charge in [-0.25, -0.2) is 0 Å². The Morgan fingerprint density at radius 2 is 2.28 bits per heavy atom. The molecule has 0 saturated heterocycles. The van der Waals surface area contributed by atoms with Crippen molar-refractivity contribution >= 4 is 11.7 Å². The maximum absolute atomic E-state index is 12.0. The highest BCUT2D eigenvalue weighted by atomic mass is 16.4. The van der Waals surface area contributed by atoms with Crippen LogP contribution in [-0.4, -0.2) is 39.9 Å². The number of aromatic amines is 1. The zero-order chi connectivity index (χ0) is 13.5. The first-order chi connectivity index (χ1) is 8.58. The van der Waals surface area contributed by atoms with E-state index in [4.69, 9.17) is 10.9 Å². The van der Waals surface area contributed by atoms with Crippen LogP contribution in [0.25, 0.3) is 0 Å². The van der Waals surface area contributed by atoms with Crippen molar-refractivity contribution < 1.29 is 10.0 Å². The number of nitrogens with two attached hydrogens (primary N) is 1. The number of aromatic nitrogens is 1. The van der Waals surface area contributed by atoms with Crippen LogP contribution >= 0.6 is 0 Å². The first-order valence-corrected chi connectivity index (χ1v) is 5.53. The normalized spacial score (nSPS) is 11.3. The molecule has 1 aromatic rings. The number of rotatable bonds is 5. The molecule has 0 spiro atoms. The molecule has 0 saturated carbocycles. The van der Waals surface area contributed by atoms with Gasteiger partial charge in [-0.1, -0.05) is 11.2 Å². The van der Waals surface area contributed by atoms with Gasteiger partial charge in [0.15, 0.2) is 0 Å². The maximum Gasteiger partial charge on any atom is 0.270 e. The van der Waals surface area contributed by atoms with Gasteiger partial charge >= 0.3 is 0 Å². The third-order valence-electron chi connectivity index (χ3n) is 2.43. The Kier molecular flexibility index (Phi) is 4.91. The number of oxime groups is 1. The van der Waals surface area contributed by atoms with E-state index in [1.165, 1.54) is 23.1 Å². The van der Waals surface area contributed by atoms with Gasteiger partial charge < -0.3 is 20.8 Å². The van der Waals surface area contributed by atoms with Gasteiger partial charge in [0.25, 0.3) is 5.91 Å². The minimum Gasteiger partial charge on any atom is -0.409 e. The molecule has 0 aliphatic heterocycles. The van der Waals surface area contributed by atoms with Crippen molar-refractivity contribution in [3.8, 4) is 0 Å². The molecule has 4 N–H and O–H groups in total. The Morgan fingerprint density at radius 1 is 1.56 bits per heavy atom. The summed E-state index contributed by atoms with van der Waals surface area (Å²) in [5.74, 6) is -0.233. The van der Waals surface area contributed by atoms with Gasteiger partial charge in [-0.3, -0.25) is 9.59 Å². The summed E-state index contributed by atoms with van der Waals surface area (Å²) in [6, 6.07) is 4.39. The van der Waals surface area contributed by atoms with E-state index in [1.807, 2.05) is 6.92 Å². The Bertz CT molecular complexity index is 495. The quantitative estimate of drug-likeness (QED) is 0.296. The van der Waals surface area contributed by atoms with E-state index >= 15 is 0 Å². The van der Waals surface area contributed by atoms with Crippen molar-refractivity contribution in [1.82, 2.24) is 9.88 Å². The Hall–Kier alpha value is -2.31. The van der Waals surface area contributed by atoms with Crippen LogP contribution in [0.5, 0.6) is 0 Å². The standard InChI is InChI=1S/C11H16N4O3/c1-2-15(7-6-9(12)14-18)11(17)8-4-3-5-10(16)13-8/h3-5,18H,2,6-7H2,1H3,(H2,12,14)(H,13,16). The minimum absolute atomic E-state index is 0.0582. The molecule has 0 bridgehead atoms. The molecule has 0 fully saturated rings. The largest absolute Gasteiger partial charge is 0.409 e. The fourth-order valence-corrected chi connectivity index (χ4v) is 1.45. The molecule has 1 aromatic heterocycles. The molecule has 1 heterocycles. The number of nitrogens with one attached hydrogen (secondary N) is 1. The Balaban J connectivity index is 2.76. The molecule has 18 heavy (non-hydrogen) atoms. The second kappa shape index (κ2) is 6.43. The SMILES string of the molecule is CCN(CC/C(N)=N/O)C(=O)c1cccc(=O)[nH]1. The van der Waals surface area contributed by atoms with Crippen molar-refractivity contribution in [3.05, 3.63) is 34.2 Å². The third-order valence-corrected chi connectivity index (χ3v) is 2.43. The molecule has 1 amide bonds. The lowest BCUT2D eigenvalue weighted by atomic mass is 10.3. The molecule has 0 aliphatic carbocycles. The third kappa shape index (κ3) is 3.62. The van der Waals surface area contributed by atoms with E-state index in [1.54, 1.807) is 0 Å². The van der Waals surface area contributed by atoms with Crippen LogP contribution in [0.1, 0.15) is 23.8 Å². The molecule has 0 aromatic carbocycles. The van der Waals surface area contributed by atoms with Crippen LogP contribution in [0.4, 0.5) is 0 Å². The van der Waals surface area contributed by atoms with Crippen molar-refractivity contribution in [3.63, 3.8) is 0 Å². The lowest BCUT2D eigenvalue weighted by molar-refractivity contribution is 0.0762. The average molecular weight is 252 g/mol.